The summed E-state index contributed by atoms with van der Waals surface area (Å²) < 4.78 is 18.5. The third kappa shape index (κ3) is 2.90. The fourth-order valence-corrected chi connectivity index (χ4v) is 3.51. The molecule has 1 amide bonds. The molecule has 0 saturated carbocycles. The van der Waals surface area contributed by atoms with E-state index in [-0.39, 0.29) is 24.0 Å². The minimum atomic E-state index is -0.967. The Morgan fingerprint density at radius 1 is 1.29 bits per heavy atom. The standard InChI is InChI=1S/C20H18FN3O4/c1-11-16-14(18(25)24-8-7-20(2,10-24)19(26)27)9-15(22-17(16)28-23-11)12-3-5-13(21)6-4-12/h3-6,9H,7-8,10H2,1-2H3,(H,26,27). The van der Waals surface area contributed by atoms with Gasteiger partial charge in [-0.05, 0) is 50.6 Å². The SMILES string of the molecule is Cc1noc2nc(-c3ccc(F)cc3)cc(C(=O)N3CCC(C)(C(=O)O)C3)c12. The van der Waals surface area contributed by atoms with Gasteiger partial charge in [-0.3, -0.25) is 9.59 Å². The van der Waals surface area contributed by atoms with E-state index in [2.05, 4.69) is 10.1 Å². The predicted molar refractivity (Wildman–Crippen MR) is 98.2 cm³/mol. The number of nitrogens with zero attached hydrogens (tertiary/aromatic N) is 3. The molecule has 2 aromatic heterocycles. The van der Waals surface area contributed by atoms with Crippen molar-refractivity contribution in [3.8, 4) is 11.3 Å². The van der Waals surface area contributed by atoms with E-state index in [0.29, 0.717) is 40.9 Å². The lowest BCUT2D eigenvalue weighted by molar-refractivity contribution is -0.147. The highest BCUT2D eigenvalue weighted by Gasteiger charge is 2.42. The van der Waals surface area contributed by atoms with Crippen LogP contribution in [0.1, 0.15) is 29.4 Å². The van der Waals surface area contributed by atoms with Crippen molar-refractivity contribution >= 4 is 23.0 Å². The number of aromatic nitrogens is 2. The molecule has 1 aliphatic heterocycles. The molecule has 28 heavy (non-hydrogen) atoms. The molecule has 0 bridgehead atoms. The van der Waals surface area contributed by atoms with Crippen LogP contribution in [0.4, 0.5) is 4.39 Å². The predicted octanol–water partition coefficient (Wildman–Crippen LogP) is 3.27. The van der Waals surface area contributed by atoms with Crippen molar-refractivity contribution in [1.29, 1.82) is 0 Å². The summed E-state index contributed by atoms with van der Waals surface area (Å²) in [5.74, 6) is -1.59. The third-order valence-corrected chi connectivity index (χ3v) is 5.26. The second-order valence-corrected chi connectivity index (χ2v) is 7.35. The van der Waals surface area contributed by atoms with Crippen molar-refractivity contribution < 1.29 is 23.6 Å². The maximum Gasteiger partial charge on any atom is 0.311 e. The number of benzene rings is 1. The molecule has 0 spiro atoms. The molecule has 1 atom stereocenters. The number of hydrogen-bond acceptors (Lipinski definition) is 5. The highest BCUT2D eigenvalue weighted by molar-refractivity contribution is 6.07. The lowest BCUT2D eigenvalue weighted by atomic mass is 9.90. The number of carboxylic acids is 1. The van der Waals surface area contributed by atoms with E-state index in [1.165, 1.54) is 17.0 Å². The molecule has 3 aromatic rings. The Kier molecular flexibility index (Phi) is 4.14. The highest BCUT2D eigenvalue weighted by Crippen LogP contribution is 2.33. The van der Waals surface area contributed by atoms with Gasteiger partial charge in [-0.2, -0.15) is 0 Å². The Bertz CT molecular complexity index is 1090. The molecule has 0 aliphatic carbocycles. The number of aryl methyl sites for hydroxylation is 1. The quantitative estimate of drug-likeness (QED) is 0.746. The first kappa shape index (κ1) is 18.1. The summed E-state index contributed by atoms with van der Waals surface area (Å²) in [6.45, 7) is 3.83. The minimum Gasteiger partial charge on any atom is -0.481 e. The van der Waals surface area contributed by atoms with Gasteiger partial charge < -0.3 is 14.5 Å². The van der Waals surface area contributed by atoms with E-state index in [1.807, 2.05) is 0 Å². The number of hydrogen-bond donors (Lipinski definition) is 1. The molecule has 1 aliphatic rings. The first-order valence-corrected chi connectivity index (χ1v) is 8.84. The summed E-state index contributed by atoms with van der Waals surface area (Å²) in [5.41, 5.74) is 1.19. The van der Waals surface area contributed by atoms with Crippen molar-refractivity contribution in [2.45, 2.75) is 20.3 Å². The zero-order chi connectivity index (χ0) is 20.1. The molecular weight excluding hydrogens is 365 g/mol. The average Bonchev–Trinajstić information content (AvgIpc) is 3.25. The molecule has 1 aromatic carbocycles. The van der Waals surface area contributed by atoms with Crippen LogP contribution in [-0.4, -0.2) is 45.1 Å². The second-order valence-electron chi connectivity index (χ2n) is 7.35. The fraction of sp³-hybridized carbons (Fsp3) is 0.300. The Labute approximate surface area is 159 Å². The monoisotopic (exact) mass is 383 g/mol. The van der Waals surface area contributed by atoms with Crippen LogP contribution in [0.3, 0.4) is 0 Å². The summed E-state index contributed by atoms with van der Waals surface area (Å²) in [4.78, 5) is 30.7. The van der Waals surface area contributed by atoms with Gasteiger partial charge in [-0.25, -0.2) is 9.37 Å². The molecule has 1 fully saturated rings. The number of likely N-dealkylation sites (tertiary alicyclic amines) is 1. The minimum absolute atomic E-state index is 0.126. The van der Waals surface area contributed by atoms with Gasteiger partial charge in [0.2, 0.25) is 0 Å². The summed E-state index contributed by atoms with van der Waals surface area (Å²) in [6.07, 6.45) is 0.385. The molecule has 0 radical (unpaired) electrons. The lowest BCUT2D eigenvalue weighted by Crippen LogP contribution is -2.35. The van der Waals surface area contributed by atoms with E-state index in [4.69, 9.17) is 4.52 Å². The van der Waals surface area contributed by atoms with Crippen LogP contribution >= 0.6 is 0 Å². The fourth-order valence-electron chi connectivity index (χ4n) is 3.51. The number of pyridine rings is 1. The van der Waals surface area contributed by atoms with Gasteiger partial charge in [-0.1, -0.05) is 5.16 Å². The van der Waals surface area contributed by atoms with Crippen LogP contribution in [0.2, 0.25) is 0 Å². The summed E-state index contributed by atoms with van der Waals surface area (Å²) in [7, 11) is 0. The van der Waals surface area contributed by atoms with E-state index >= 15 is 0 Å². The van der Waals surface area contributed by atoms with Crippen LogP contribution in [0.15, 0.2) is 34.9 Å². The number of rotatable bonds is 3. The number of halogens is 1. The van der Waals surface area contributed by atoms with Crippen molar-refractivity contribution in [3.63, 3.8) is 0 Å². The number of carbonyl (C=O) groups is 2. The molecule has 144 valence electrons. The van der Waals surface area contributed by atoms with Crippen molar-refractivity contribution in [2.75, 3.05) is 13.1 Å². The molecule has 1 unspecified atom stereocenters. The van der Waals surface area contributed by atoms with Crippen LogP contribution in [0, 0.1) is 18.2 Å². The molecular formula is C20H18FN3O4. The van der Waals surface area contributed by atoms with E-state index in [1.54, 1.807) is 32.0 Å². The Balaban J connectivity index is 1.79. The zero-order valence-electron chi connectivity index (χ0n) is 15.4. The number of amides is 1. The molecule has 8 heteroatoms. The molecule has 1 saturated heterocycles. The van der Waals surface area contributed by atoms with Gasteiger partial charge >= 0.3 is 5.97 Å². The maximum absolute atomic E-state index is 13.3. The topological polar surface area (TPSA) is 96.5 Å². The number of carbonyl (C=O) groups excluding carboxylic acids is 1. The van der Waals surface area contributed by atoms with Crippen LogP contribution < -0.4 is 0 Å². The highest BCUT2D eigenvalue weighted by atomic mass is 19.1. The van der Waals surface area contributed by atoms with Gasteiger partial charge in [0, 0.05) is 18.7 Å². The summed E-state index contributed by atoms with van der Waals surface area (Å²) in [5, 5.41) is 13.8. The van der Waals surface area contributed by atoms with Gasteiger partial charge in [0.25, 0.3) is 11.6 Å². The number of carboxylic acid groups (broad SMARTS) is 1. The number of fused-ring (bicyclic) bond motifs is 1. The lowest BCUT2D eigenvalue weighted by Gasteiger charge is -2.20. The largest absolute Gasteiger partial charge is 0.481 e. The normalized spacial score (nSPS) is 19.3. The molecule has 1 N–H and O–H groups in total. The van der Waals surface area contributed by atoms with Crippen LogP contribution in [0.25, 0.3) is 22.4 Å². The Morgan fingerprint density at radius 3 is 2.64 bits per heavy atom. The van der Waals surface area contributed by atoms with E-state index < -0.39 is 11.4 Å². The van der Waals surface area contributed by atoms with Crippen molar-refractivity contribution in [3.05, 3.63) is 47.4 Å². The smallest absolute Gasteiger partial charge is 0.311 e. The van der Waals surface area contributed by atoms with Crippen LogP contribution in [-0.2, 0) is 4.79 Å². The molecule has 4 rings (SSSR count). The molecule has 3 heterocycles. The summed E-state index contributed by atoms with van der Waals surface area (Å²) >= 11 is 0. The Hall–Kier alpha value is -3.29. The van der Waals surface area contributed by atoms with Crippen molar-refractivity contribution in [2.24, 2.45) is 5.41 Å². The second kappa shape index (κ2) is 6.40. The average molecular weight is 383 g/mol. The first-order valence-electron chi connectivity index (χ1n) is 8.84. The third-order valence-electron chi connectivity index (χ3n) is 5.26. The van der Waals surface area contributed by atoms with Gasteiger partial charge in [0.1, 0.15) is 5.82 Å². The van der Waals surface area contributed by atoms with E-state index in [0.717, 1.165) is 0 Å². The number of aliphatic carboxylic acids is 1. The zero-order valence-corrected chi connectivity index (χ0v) is 15.4. The first-order chi connectivity index (χ1) is 13.3. The van der Waals surface area contributed by atoms with Gasteiger partial charge in [0.05, 0.1) is 27.8 Å². The Morgan fingerprint density at radius 2 is 2.00 bits per heavy atom. The van der Waals surface area contributed by atoms with Gasteiger partial charge in [0.15, 0.2) is 0 Å². The van der Waals surface area contributed by atoms with Gasteiger partial charge in [-0.15, -0.1) is 0 Å². The molecule has 7 nitrogen and oxygen atoms in total. The van der Waals surface area contributed by atoms with Crippen molar-refractivity contribution in [1.82, 2.24) is 15.0 Å². The summed E-state index contributed by atoms with van der Waals surface area (Å²) in [6, 6.07) is 7.38. The van der Waals surface area contributed by atoms with E-state index in [9.17, 15) is 19.1 Å². The van der Waals surface area contributed by atoms with Crippen LogP contribution in [0.5, 0.6) is 0 Å². The maximum atomic E-state index is 13.3.